The van der Waals surface area contributed by atoms with Crippen molar-refractivity contribution in [2.45, 2.75) is 33.2 Å². The second-order valence-electron chi connectivity index (χ2n) is 5.35. The van der Waals surface area contributed by atoms with Crippen molar-refractivity contribution in [2.24, 2.45) is 0 Å². The maximum Gasteiger partial charge on any atom is 0.245 e. The van der Waals surface area contributed by atoms with E-state index in [4.69, 9.17) is 23.2 Å². The molecule has 0 fully saturated rings. The molecule has 0 aliphatic carbocycles. The molecule has 132 valence electrons. The molecule has 1 unspecified atom stereocenters. The fourth-order valence-corrected chi connectivity index (χ4v) is 2.59. The molecule has 1 aromatic carbocycles. The zero-order valence-corrected chi connectivity index (χ0v) is 15.4. The normalized spacial score (nSPS) is 11.5. The predicted octanol–water partition coefficient (Wildman–Crippen LogP) is 2.70. The van der Waals surface area contributed by atoms with Gasteiger partial charge in [-0.15, -0.1) is 0 Å². The van der Waals surface area contributed by atoms with Crippen LogP contribution in [0.4, 0.5) is 5.69 Å². The molecule has 1 atom stereocenters. The Morgan fingerprint density at radius 3 is 2.46 bits per heavy atom. The largest absolute Gasteiger partial charge is 0.345 e. The highest BCUT2D eigenvalue weighted by molar-refractivity contribution is 6.36. The van der Waals surface area contributed by atoms with Gasteiger partial charge in [-0.25, -0.2) is 0 Å². The molecule has 0 aliphatic rings. The van der Waals surface area contributed by atoms with Crippen LogP contribution in [-0.2, 0) is 14.4 Å². The van der Waals surface area contributed by atoms with Crippen LogP contribution in [0.2, 0.25) is 10.0 Å². The summed E-state index contributed by atoms with van der Waals surface area (Å²) in [5, 5.41) is 5.95. The van der Waals surface area contributed by atoms with Crippen molar-refractivity contribution >= 4 is 46.6 Å². The lowest BCUT2D eigenvalue weighted by Crippen LogP contribution is -2.48. The van der Waals surface area contributed by atoms with Crippen LogP contribution >= 0.6 is 23.2 Å². The number of anilines is 1. The van der Waals surface area contributed by atoms with Crippen LogP contribution in [0.25, 0.3) is 0 Å². The zero-order chi connectivity index (χ0) is 18.3. The summed E-state index contributed by atoms with van der Waals surface area (Å²) in [5.41, 5.74) is 0.421. The van der Waals surface area contributed by atoms with Crippen molar-refractivity contribution in [3.8, 4) is 0 Å². The van der Waals surface area contributed by atoms with Crippen LogP contribution < -0.4 is 10.6 Å². The van der Waals surface area contributed by atoms with Gasteiger partial charge in [0, 0.05) is 18.5 Å². The van der Waals surface area contributed by atoms with Gasteiger partial charge in [-0.1, -0.05) is 30.1 Å². The lowest BCUT2D eigenvalue weighted by Gasteiger charge is -2.25. The maximum atomic E-state index is 12.4. The number of nitrogens with one attached hydrogen (secondary N) is 2. The van der Waals surface area contributed by atoms with E-state index in [1.165, 1.54) is 17.9 Å². The predicted molar refractivity (Wildman–Crippen MR) is 95.2 cm³/mol. The smallest absolute Gasteiger partial charge is 0.245 e. The van der Waals surface area contributed by atoms with Gasteiger partial charge < -0.3 is 15.5 Å². The molecule has 0 bridgehead atoms. The fraction of sp³-hybridized carbons (Fsp3) is 0.438. The third kappa shape index (κ3) is 6.37. The van der Waals surface area contributed by atoms with Crippen LogP contribution in [0.5, 0.6) is 0 Å². The third-order valence-corrected chi connectivity index (χ3v) is 3.68. The summed E-state index contributed by atoms with van der Waals surface area (Å²) in [6.45, 7) is 5.10. The van der Waals surface area contributed by atoms with Crippen molar-refractivity contribution in [2.75, 3.05) is 18.4 Å². The van der Waals surface area contributed by atoms with Crippen LogP contribution in [-0.4, -0.2) is 41.8 Å². The monoisotopic (exact) mass is 373 g/mol. The van der Waals surface area contributed by atoms with Crippen molar-refractivity contribution < 1.29 is 14.4 Å². The average molecular weight is 374 g/mol. The summed E-state index contributed by atoms with van der Waals surface area (Å²) < 4.78 is 0. The van der Waals surface area contributed by atoms with E-state index in [0.29, 0.717) is 28.7 Å². The highest BCUT2D eigenvalue weighted by Gasteiger charge is 2.22. The Kier molecular flexibility index (Phi) is 8.01. The molecule has 0 saturated carbocycles. The number of carbonyl (C=O) groups is 3. The maximum absolute atomic E-state index is 12.4. The topological polar surface area (TPSA) is 78.5 Å². The summed E-state index contributed by atoms with van der Waals surface area (Å²) in [7, 11) is 0. The molecular formula is C16H21Cl2N3O3. The summed E-state index contributed by atoms with van der Waals surface area (Å²) >= 11 is 11.8. The summed E-state index contributed by atoms with van der Waals surface area (Å²) in [5.74, 6) is -0.995. The molecule has 8 heteroatoms. The second-order valence-corrected chi connectivity index (χ2v) is 6.20. The third-order valence-electron chi connectivity index (χ3n) is 3.14. The number of carbonyl (C=O) groups excluding carboxylic acids is 3. The highest BCUT2D eigenvalue weighted by Crippen LogP contribution is 2.25. The molecule has 24 heavy (non-hydrogen) atoms. The minimum Gasteiger partial charge on any atom is -0.345 e. The first kappa shape index (κ1) is 20.3. The molecular weight excluding hydrogens is 353 g/mol. The Labute approximate surface area is 151 Å². The molecule has 0 aliphatic heterocycles. The number of hydrogen-bond donors (Lipinski definition) is 2. The Morgan fingerprint density at radius 2 is 1.92 bits per heavy atom. The highest BCUT2D eigenvalue weighted by atomic mass is 35.5. The van der Waals surface area contributed by atoms with Crippen molar-refractivity contribution in [1.29, 1.82) is 0 Å². The number of benzene rings is 1. The van der Waals surface area contributed by atoms with E-state index in [-0.39, 0.29) is 24.3 Å². The lowest BCUT2D eigenvalue weighted by atomic mass is 10.2. The molecule has 0 radical (unpaired) electrons. The van der Waals surface area contributed by atoms with Crippen molar-refractivity contribution in [3.63, 3.8) is 0 Å². The van der Waals surface area contributed by atoms with E-state index in [1.54, 1.807) is 19.1 Å². The fourth-order valence-electron chi connectivity index (χ4n) is 2.13. The summed E-state index contributed by atoms with van der Waals surface area (Å²) in [6, 6.07) is 4.03. The van der Waals surface area contributed by atoms with Gasteiger partial charge in [0.2, 0.25) is 17.7 Å². The van der Waals surface area contributed by atoms with Gasteiger partial charge in [0.05, 0.1) is 17.3 Å². The van der Waals surface area contributed by atoms with Crippen LogP contribution in [0.3, 0.4) is 0 Å². The minimum absolute atomic E-state index is 0.129. The molecule has 0 spiro atoms. The van der Waals surface area contributed by atoms with E-state index in [9.17, 15) is 14.4 Å². The van der Waals surface area contributed by atoms with Gasteiger partial charge in [-0.05, 0) is 31.5 Å². The van der Waals surface area contributed by atoms with Crippen molar-refractivity contribution in [3.05, 3.63) is 28.2 Å². The van der Waals surface area contributed by atoms with E-state index >= 15 is 0 Å². The summed E-state index contributed by atoms with van der Waals surface area (Å²) in [6.07, 6.45) is 0.688. The van der Waals surface area contributed by atoms with Crippen LogP contribution in [0, 0.1) is 0 Å². The lowest BCUT2D eigenvalue weighted by molar-refractivity contribution is -0.137. The standard InChI is InChI=1S/C16H21Cl2N3O3/c1-4-7-21(16(24)10(2)19-11(3)22)9-15(23)20-14-6-5-12(17)8-13(14)18/h5-6,8,10H,4,7,9H2,1-3H3,(H,19,22)(H,20,23). The van der Waals surface area contributed by atoms with Crippen molar-refractivity contribution in [1.82, 2.24) is 10.2 Å². The van der Waals surface area contributed by atoms with Gasteiger partial charge in [0.15, 0.2) is 0 Å². The molecule has 0 heterocycles. The van der Waals surface area contributed by atoms with Gasteiger partial charge in [-0.3, -0.25) is 14.4 Å². The van der Waals surface area contributed by atoms with Gasteiger partial charge >= 0.3 is 0 Å². The van der Waals surface area contributed by atoms with E-state index < -0.39 is 6.04 Å². The second kappa shape index (κ2) is 9.49. The summed E-state index contributed by atoms with van der Waals surface area (Å²) in [4.78, 5) is 37.0. The van der Waals surface area contributed by atoms with E-state index in [0.717, 1.165) is 0 Å². The van der Waals surface area contributed by atoms with E-state index in [1.807, 2.05) is 6.92 Å². The van der Waals surface area contributed by atoms with E-state index in [2.05, 4.69) is 10.6 Å². The Balaban J connectivity index is 2.74. The van der Waals surface area contributed by atoms with Crippen LogP contribution in [0.15, 0.2) is 18.2 Å². The zero-order valence-electron chi connectivity index (χ0n) is 13.9. The van der Waals surface area contributed by atoms with Gasteiger partial charge in [0.25, 0.3) is 0 Å². The van der Waals surface area contributed by atoms with Crippen LogP contribution in [0.1, 0.15) is 27.2 Å². The number of nitrogens with zero attached hydrogens (tertiary/aromatic N) is 1. The van der Waals surface area contributed by atoms with Gasteiger partial charge in [-0.2, -0.15) is 0 Å². The molecule has 1 aromatic rings. The number of amides is 3. The molecule has 0 aromatic heterocycles. The first-order chi connectivity index (χ1) is 11.2. The number of halogens is 2. The molecule has 3 amide bonds. The number of rotatable bonds is 7. The molecule has 1 rings (SSSR count). The minimum atomic E-state index is -0.694. The Morgan fingerprint density at radius 1 is 1.25 bits per heavy atom. The molecule has 6 nitrogen and oxygen atoms in total. The SMILES string of the molecule is CCCN(CC(=O)Nc1ccc(Cl)cc1Cl)C(=O)C(C)NC(C)=O. The first-order valence-corrected chi connectivity index (χ1v) is 8.31. The van der Waals surface area contributed by atoms with Gasteiger partial charge in [0.1, 0.15) is 6.04 Å². The molecule has 0 saturated heterocycles. The quantitative estimate of drug-likeness (QED) is 0.770. The number of hydrogen-bond acceptors (Lipinski definition) is 3. The first-order valence-electron chi connectivity index (χ1n) is 7.55. The average Bonchev–Trinajstić information content (AvgIpc) is 2.48. The Bertz CT molecular complexity index is 623. The molecule has 2 N–H and O–H groups in total. The Hall–Kier alpha value is -1.79.